The van der Waals surface area contributed by atoms with Crippen molar-refractivity contribution in [2.45, 2.75) is 63.1 Å². The van der Waals surface area contributed by atoms with Crippen molar-refractivity contribution in [2.75, 3.05) is 26.2 Å². The van der Waals surface area contributed by atoms with Crippen molar-refractivity contribution in [3.63, 3.8) is 0 Å². The number of carbonyl (C=O) groups excluding carboxylic acids is 3. The molecule has 2 saturated heterocycles. The van der Waals surface area contributed by atoms with E-state index in [1.165, 1.54) is 0 Å². The summed E-state index contributed by atoms with van der Waals surface area (Å²) in [6, 6.07) is 16.5. The van der Waals surface area contributed by atoms with Gasteiger partial charge in [0.05, 0.1) is 23.0 Å². The van der Waals surface area contributed by atoms with Gasteiger partial charge in [-0.15, -0.1) is 5.10 Å². The average Bonchev–Trinajstić information content (AvgIpc) is 3.59. The molecule has 1 spiro atoms. The highest BCUT2D eigenvalue weighted by Gasteiger charge is 2.74. The Hall–Kier alpha value is -4.35. The molecule has 3 amide bonds. The standard InChI is InChI=1S/C35H40N6O5/c1-34-17-11-19-38(23-25-13-5-4-6-14-25)31(43)28(34)29-32(44)40(21-9-2-3-10-22-42)30-33(45)39(20-12-18-35(29,30)46-34)24-41-27-16-8-7-15-26(27)36-37-41/h4-8,11-18,28-30,42H,2-3,9-10,19-24H2,1H3/t28-,29+,30?,34+,35+/m1/s1. The van der Waals surface area contributed by atoms with Gasteiger partial charge in [0.2, 0.25) is 11.8 Å². The Morgan fingerprint density at radius 2 is 1.59 bits per heavy atom. The monoisotopic (exact) mass is 624 g/mol. The molecule has 4 aliphatic rings. The Kier molecular flexibility index (Phi) is 7.98. The predicted molar refractivity (Wildman–Crippen MR) is 170 cm³/mol. The van der Waals surface area contributed by atoms with Gasteiger partial charge >= 0.3 is 0 Å². The van der Waals surface area contributed by atoms with Crippen LogP contribution in [0, 0.1) is 11.8 Å². The van der Waals surface area contributed by atoms with Gasteiger partial charge in [0.1, 0.15) is 23.8 Å². The number of fused-ring (bicyclic) bond motifs is 3. The Morgan fingerprint density at radius 3 is 2.41 bits per heavy atom. The van der Waals surface area contributed by atoms with Crippen molar-refractivity contribution < 1.29 is 24.2 Å². The fourth-order valence-electron chi connectivity index (χ4n) is 7.86. The molecule has 7 rings (SSSR count). The van der Waals surface area contributed by atoms with Crippen molar-refractivity contribution in [1.82, 2.24) is 29.7 Å². The molecule has 2 aromatic carbocycles. The fraction of sp³-hybridized carbons (Fsp3) is 0.457. The Labute approximate surface area is 268 Å². The largest absolute Gasteiger partial charge is 0.396 e. The van der Waals surface area contributed by atoms with E-state index in [9.17, 15) is 19.5 Å². The van der Waals surface area contributed by atoms with Crippen LogP contribution in [0.1, 0.15) is 38.2 Å². The summed E-state index contributed by atoms with van der Waals surface area (Å²) in [7, 11) is 0. The molecule has 1 N–H and O–H groups in total. The SMILES string of the molecule is C[C@]12C=CCN(Cc3ccccc3)C(=O)[C@H]1[C@H]1C(=O)N(CCCCCCO)C3C(=O)N(Cn4nnc5ccccc54)CC=C[C@@]31O2. The van der Waals surface area contributed by atoms with Gasteiger partial charge < -0.3 is 24.5 Å². The number of rotatable bonds is 10. The molecule has 0 bridgehead atoms. The summed E-state index contributed by atoms with van der Waals surface area (Å²) in [6.45, 7) is 3.62. The third-order valence-electron chi connectivity index (χ3n) is 9.97. The summed E-state index contributed by atoms with van der Waals surface area (Å²) in [5.74, 6) is -2.27. The number of nitrogens with zero attached hydrogens (tertiary/aromatic N) is 6. The van der Waals surface area contributed by atoms with Crippen molar-refractivity contribution in [3.05, 3.63) is 84.5 Å². The molecule has 1 unspecified atom stereocenters. The van der Waals surface area contributed by atoms with Gasteiger partial charge in [-0.1, -0.05) is 84.8 Å². The maximum absolute atomic E-state index is 14.7. The van der Waals surface area contributed by atoms with Crippen LogP contribution in [0.5, 0.6) is 0 Å². The predicted octanol–water partition coefficient (Wildman–Crippen LogP) is 2.91. The summed E-state index contributed by atoms with van der Waals surface area (Å²) >= 11 is 0. The Balaban J connectivity index is 1.24. The number of aliphatic hydroxyl groups is 1. The zero-order valence-electron chi connectivity index (χ0n) is 26.1. The number of aliphatic hydroxyl groups excluding tert-OH is 1. The van der Waals surface area contributed by atoms with E-state index in [0.29, 0.717) is 39.0 Å². The molecule has 5 atom stereocenters. The fourth-order valence-corrected chi connectivity index (χ4v) is 7.86. The minimum atomic E-state index is -1.31. The summed E-state index contributed by atoms with van der Waals surface area (Å²) in [4.78, 5) is 48.9. The second kappa shape index (κ2) is 12.1. The third kappa shape index (κ3) is 5.02. The molecule has 5 heterocycles. The number of hydrogen-bond donors (Lipinski definition) is 1. The van der Waals surface area contributed by atoms with Crippen molar-refractivity contribution in [1.29, 1.82) is 0 Å². The van der Waals surface area contributed by atoms with Gasteiger partial charge in [0, 0.05) is 32.8 Å². The number of likely N-dealkylation sites (tertiary alicyclic amines) is 1. The minimum absolute atomic E-state index is 0.120. The van der Waals surface area contributed by atoms with Gasteiger partial charge in [0.25, 0.3) is 5.91 Å². The van der Waals surface area contributed by atoms with E-state index in [4.69, 9.17) is 4.74 Å². The smallest absolute Gasteiger partial charge is 0.250 e. The van der Waals surface area contributed by atoms with Crippen molar-refractivity contribution in [2.24, 2.45) is 11.8 Å². The second-order valence-corrected chi connectivity index (χ2v) is 13.0. The molecular formula is C35H40N6O5. The van der Waals surface area contributed by atoms with Crippen LogP contribution in [-0.2, 0) is 32.3 Å². The minimum Gasteiger partial charge on any atom is -0.396 e. The molecule has 1 aromatic heterocycles. The highest BCUT2D eigenvalue weighted by atomic mass is 16.5. The van der Waals surface area contributed by atoms with Gasteiger partial charge in [-0.25, -0.2) is 4.68 Å². The van der Waals surface area contributed by atoms with Crippen LogP contribution in [0.25, 0.3) is 11.0 Å². The van der Waals surface area contributed by atoms with Gasteiger partial charge in [-0.3, -0.25) is 14.4 Å². The third-order valence-corrected chi connectivity index (χ3v) is 9.97. The number of benzene rings is 2. The van der Waals surface area contributed by atoms with Crippen LogP contribution >= 0.6 is 0 Å². The summed E-state index contributed by atoms with van der Waals surface area (Å²) < 4.78 is 8.66. The van der Waals surface area contributed by atoms with Gasteiger partial charge in [-0.05, 0) is 37.5 Å². The molecule has 3 aromatic rings. The van der Waals surface area contributed by atoms with E-state index in [1.807, 2.05) is 85.8 Å². The number of carbonyl (C=O) groups is 3. The first kappa shape index (κ1) is 30.3. The molecule has 46 heavy (non-hydrogen) atoms. The maximum Gasteiger partial charge on any atom is 0.250 e. The first-order chi connectivity index (χ1) is 22.4. The zero-order valence-corrected chi connectivity index (χ0v) is 26.1. The zero-order chi connectivity index (χ0) is 31.9. The number of aromatic nitrogens is 3. The van der Waals surface area contributed by atoms with Gasteiger partial charge in [-0.2, -0.15) is 0 Å². The lowest BCUT2D eigenvalue weighted by Crippen LogP contribution is -2.56. The molecule has 240 valence electrons. The lowest BCUT2D eigenvalue weighted by molar-refractivity contribution is -0.153. The molecule has 0 radical (unpaired) electrons. The number of unbranched alkanes of at least 4 members (excludes halogenated alkanes) is 3. The molecular weight excluding hydrogens is 584 g/mol. The van der Waals surface area contributed by atoms with Gasteiger partial charge in [0.15, 0.2) is 0 Å². The van der Waals surface area contributed by atoms with Crippen LogP contribution in [0.4, 0.5) is 0 Å². The van der Waals surface area contributed by atoms with Crippen molar-refractivity contribution >= 4 is 28.8 Å². The van der Waals surface area contributed by atoms with Crippen molar-refractivity contribution in [3.8, 4) is 0 Å². The lowest BCUT2D eigenvalue weighted by atomic mass is 9.74. The van der Waals surface area contributed by atoms with Crippen LogP contribution in [0.2, 0.25) is 0 Å². The summed E-state index contributed by atoms with van der Waals surface area (Å²) in [6.07, 6.45) is 10.6. The maximum atomic E-state index is 14.7. The Morgan fingerprint density at radius 1 is 0.848 bits per heavy atom. The number of ether oxygens (including phenoxy) is 1. The van der Waals surface area contributed by atoms with E-state index < -0.39 is 29.1 Å². The second-order valence-electron chi connectivity index (χ2n) is 13.0. The number of amides is 3. The van der Waals surface area contributed by atoms with Crippen LogP contribution in [-0.4, -0.2) is 96.0 Å². The molecule has 11 nitrogen and oxygen atoms in total. The molecule has 0 saturated carbocycles. The Bertz CT molecular complexity index is 1690. The molecule has 0 aliphatic carbocycles. The molecule has 4 aliphatic heterocycles. The van der Waals surface area contributed by atoms with E-state index >= 15 is 0 Å². The number of para-hydroxylation sites is 1. The normalized spacial score (nSPS) is 28.9. The topological polar surface area (TPSA) is 121 Å². The first-order valence-electron chi connectivity index (χ1n) is 16.2. The van der Waals surface area contributed by atoms with Crippen LogP contribution < -0.4 is 0 Å². The van der Waals surface area contributed by atoms with E-state index in [2.05, 4.69) is 10.3 Å². The summed E-state index contributed by atoms with van der Waals surface area (Å²) in [5, 5.41) is 17.8. The lowest BCUT2D eigenvalue weighted by Gasteiger charge is -2.37. The average molecular weight is 625 g/mol. The quantitative estimate of drug-likeness (QED) is 0.272. The molecule has 2 fully saturated rings. The molecule has 11 heteroatoms. The van der Waals surface area contributed by atoms with E-state index in [1.54, 1.807) is 19.4 Å². The highest BCUT2D eigenvalue weighted by Crippen LogP contribution is 2.57. The highest BCUT2D eigenvalue weighted by molar-refractivity contribution is 6.00. The van der Waals surface area contributed by atoms with Crippen LogP contribution in [0.15, 0.2) is 78.9 Å². The van der Waals surface area contributed by atoms with E-state index in [0.717, 1.165) is 29.4 Å². The number of hydrogen-bond acceptors (Lipinski definition) is 7. The summed E-state index contributed by atoms with van der Waals surface area (Å²) in [5.41, 5.74) is 0.155. The first-order valence-corrected chi connectivity index (χ1v) is 16.2. The van der Waals surface area contributed by atoms with Crippen LogP contribution in [0.3, 0.4) is 0 Å². The van der Waals surface area contributed by atoms with E-state index in [-0.39, 0.29) is 31.0 Å².